The Morgan fingerprint density at radius 3 is 2.59 bits per heavy atom. The number of pyridine rings is 1. The second kappa shape index (κ2) is 10.3. The first-order valence-corrected chi connectivity index (χ1v) is 11.3. The number of nitrogens with zero attached hydrogens (tertiary/aromatic N) is 2. The number of nitrogens with one attached hydrogen (secondary N) is 1. The van der Waals surface area contributed by atoms with Gasteiger partial charge < -0.3 is 15.3 Å². The van der Waals surface area contributed by atoms with E-state index >= 15 is 0 Å². The van der Waals surface area contributed by atoms with Crippen molar-refractivity contribution in [2.75, 3.05) is 7.05 Å². The van der Waals surface area contributed by atoms with Crippen LogP contribution in [0.2, 0.25) is 5.15 Å². The molecule has 0 bridgehead atoms. The van der Waals surface area contributed by atoms with E-state index in [1.54, 1.807) is 18.1 Å². The molecule has 32 heavy (non-hydrogen) atoms. The zero-order valence-electron chi connectivity index (χ0n) is 18.1. The van der Waals surface area contributed by atoms with Crippen LogP contribution < -0.4 is 5.32 Å². The average molecular weight is 450 g/mol. The Morgan fingerprint density at radius 2 is 1.88 bits per heavy atom. The van der Waals surface area contributed by atoms with Crippen molar-refractivity contribution >= 4 is 17.5 Å². The number of benzene rings is 2. The van der Waals surface area contributed by atoms with Crippen molar-refractivity contribution in [3.05, 3.63) is 100 Å². The molecule has 0 radical (unpaired) electrons. The number of hydrogen-bond acceptors (Lipinski definition) is 4. The number of rotatable bonds is 7. The molecule has 2 aromatic carbocycles. The molecule has 0 unspecified atom stereocenters. The third kappa shape index (κ3) is 5.36. The van der Waals surface area contributed by atoms with Gasteiger partial charge in [0.15, 0.2) is 0 Å². The molecule has 0 saturated carbocycles. The minimum Gasteiger partial charge on any atom is -0.387 e. The molecule has 1 aliphatic rings. The van der Waals surface area contributed by atoms with E-state index in [4.69, 9.17) is 11.6 Å². The van der Waals surface area contributed by atoms with Crippen LogP contribution in [0.3, 0.4) is 0 Å². The quantitative estimate of drug-likeness (QED) is 0.524. The first kappa shape index (κ1) is 22.5. The van der Waals surface area contributed by atoms with E-state index in [0.717, 1.165) is 30.4 Å². The molecule has 1 amide bonds. The third-order valence-electron chi connectivity index (χ3n) is 6.07. The predicted molar refractivity (Wildman–Crippen MR) is 127 cm³/mol. The summed E-state index contributed by atoms with van der Waals surface area (Å²) in [5.74, 6) is -0.0542. The molecule has 6 heteroatoms. The van der Waals surface area contributed by atoms with Crippen LogP contribution in [0.25, 0.3) is 0 Å². The van der Waals surface area contributed by atoms with E-state index in [-0.39, 0.29) is 11.9 Å². The maximum absolute atomic E-state index is 12.8. The van der Waals surface area contributed by atoms with Gasteiger partial charge in [0.2, 0.25) is 0 Å². The second-order valence-electron chi connectivity index (χ2n) is 8.42. The van der Waals surface area contributed by atoms with Gasteiger partial charge in [-0.25, -0.2) is 4.98 Å². The van der Waals surface area contributed by atoms with E-state index in [0.29, 0.717) is 23.3 Å². The monoisotopic (exact) mass is 449 g/mol. The van der Waals surface area contributed by atoms with E-state index in [2.05, 4.69) is 10.3 Å². The minimum atomic E-state index is -0.495. The Balaban J connectivity index is 1.32. The summed E-state index contributed by atoms with van der Waals surface area (Å²) in [7, 11) is 1.76. The lowest BCUT2D eigenvalue weighted by Gasteiger charge is -2.20. The Kier molecular flexibility index (Phi) is 7.20. The van der Waals surface area contributed by atoms with E-state index < -0.39 is 6.10 Å². The van der Waals surface area contributed by atoms with Gasteiger partial charge in [-0.2, -0.15) is 0 Å². The predicted octanol–water partition coefficient (Wildman–Crippen LogP) is 4.40. The van der Waals surface area contributed by atoms with Gasteiger partial charge in [0, 0.05) is 43.0 Å². The highest BCUT2D eigenvalue weighted by Crippen LogP contribution is 2.26. The van der Waals surface area contributed by atoms with Crippen LogP contribution in [0.4, 0.5) is 0 Å². The molecular weight excluding hydrogens is 422 g/mol. The highest BCUT2D eigenvalue weighted by atomic mass is 35.5. The van der Waals surface area contributed by atoms with Crippen LogP contribution in [-0.4, -0.2) is 40.0 Å². The van der Waals surface area contributed by atoms with Crippen molar-refractivity contribution < 1.29 is 9.90 Å². The first-order valence-electron chi connectivity index (χ1n) is 10.9. The fraction of sp³-hybridized carbons (Fsp3) is 0.308. The second-order valence-corrected chi connectivity index (χ2v) is 8.78. The molecule has 2 N–H and O–H groups in total. The summed E-state index contributed by atoms with van der Waals surface area (Å²) >= 11 is 6.11. The molecule has 0 spiro atoms. The number of halogens is 1. The molecule has 0 aliphatic carbocycles. The summed E-state index contributed by atoms with van der Waals surface area (Å²) in [6.07, 6.45) is 3.97. The number of amides is 1. The Morgan fingerprint density at radius 1 is 1.12 bits per heavy atom. The van der Waals surface area contributed by atoms with Crippen molar-refractivity contribution in [2.24, 2.45) is 0 Å². The number of carbonyl (C=O) groups is 1. The first-order chi connectivity index (χ1) is 15.5. The van der Waals surface area contributed by atoms with Crippen LogP contribution in [0.5, 0.6) is 0 Å². The summed E-state index contributed by atoms with van der Waals surface area (Å²) in [6.45, 7) is 0.407. The zero-order valence-corrected chi connectivity index (χ0v) is 18.9. The van der Waals surface area contributed by atoms with Crippen molar-refractivity contribution in [1.29, 1.82) is 0 Å². The van der Waals surface area contributed by atoms with Gasteiger partial charge >= 0.3 is 0 Å². The summed E-state index contributed by atoms with van der Waals surface area (Å²) in [6, 6.07) is 21.7. The number of aliphatic hydroxyl groups excluding tert-OH is 1. The Labute approximate surface area is 194 Å². The fourth-order valence-corrected chi connectivity index (χ4v) is 4.47. The minimum absolute atomic E-state index is 0.0542. The molecule has 1 fully saturated rings. The topological polar surface area (TPSA) is 65.5 Å². The molecule has 1 aliphatic heterocycles. The van der Waals surface area contributed by atoms with Crippen molar-refractivity contribution in [3.63, 3.8) is 0 Å². The molecule has 2 heterocycles. The smallest absolute Gasteiger partial charge is 0.253 e. The van der Waals surface area contributed by atoms with Gasteiger partial charge in [0.25, 0.3) is 5.91 Å². The number of aliphatic hydroxyl groups is 1. The number of carbonyl (C=O) groups excluding carboxylic acids is 1. The number of aromatic nitrogens is 1. The van der Waals surface area contributed by atoms with Gasteiger partial charge in [-0.1, -0.05) is 60.1 Å². The van der Waals surface area contributed by atoms with Gasteiger partial charge in [0.05, 0.1) is 6.10 Å². The SMILES string of the molecule is CN(Cc1cccnc1Cl)C(=O)c1ccc(C[C@@H]2CC[C@H]([C@H](O)c3ccccc3)N2)cc1. The number of hydrogen-bond donors (Lipinski definition) is 2. The Hall–Kier alpha value is -2.73. The maximum atomic E-state index is 12.8. The fourth-order valence-electron chi connectivity index (χ4n) is 4.30. The van der Waals surface area contributed by atoms with Gasteiger partial charge in [-0.3, -0.25) is 4.79 Å². The summed E-state index contributed by atoms with van der Waals surface area (Å²) < 4.78 is 0. The van der Waals surface area contributed by atoms with Crippen LogP contribution in [-0.2, 0) is 13.0 Å². The molecule has 1 saturated heterocycles. The maximum Gasteiger partial charge on any atom is 0.253 e. The van der Waals surface area contributed by atoms with Gasteiger partial charge in [-0.05, 0) is 48.6 Å². The van der Waals surface area contributed by atoms with Crippen molar-refractivity contribution in [3.8, 4) is 0 Å². The summed E-state index contributed by atoms with van der Waals surface area (Å²) in [5.41, 5.74) is 3.59. The van der Waals surface area contributed by atoms with Crippen LogP contribution >= 0.6 is 11.6 Å². The molecule has 4 rings (SSSR count). The molecule has 1 aromatic heterocycles. The molecule has 166 valence electrons. The van der Waals surface area contributed by atoms with Crippen LogP contribution in [0.15, 0.2) is 72.9 Å². The standard InChI is InChI=1S/C26H28ClN3O2/c1-30(17-21-8-5-15-28-25(21)27)26(32)20-11-9-18(10-12-20)16-22-13-14-23(29-22)24(31)19-6-3-2-4-7-19/h2-12,15,22-24,29,31H,13-14,16-17H2,1H3/t22-,23+,24+/m0/s1. The average Bonchev–Trinajstić information content (AvgIpc) is 3.29. The van der Waals surface area contributed by atoms with Crippen LogP contribution in [0.1, 0.15) is 46.0 Å². The van der Waals surface area contributed by atoms with Gasteiger partial charge in [0.1, 0.15) is 5.15 Å². The lowest BCUT2D eigenvalue weighted by Crippen LogP contribution is -2.35. The molecule has 5 nitrogen and oxygen atoms in total. The summed E-state index contributed by atoms with van der Waals surface area (Å²) in [5, 5.41) is 14.7. The van der Waals surface area contributed by atoms with Gasteiger partial charge in [-0.15, -0.1) is 0 Å². The highest BCUT2D eigenvalue weighted by Gasteiger charge is 2.29. The largest absolute Gasteiger partial charge is 0.387 e. The molecule has 3 aromatic rings. The summed E-state index contributed by atoms with van der Waals surface area (Å²) in [4.78, 5) is 18.5. The lowest BCUT2D eigenvalue weighted by atomic mass is 10.0. The van der Waals surface area contributed by atoms with Crippen LogP contribution in [0, 0.1) is 0 Å². The van der Waals surface area contributed by atoms with E-state index in [1.165, 1.54) is 5.56 Å². The zero-order chi connectivity index (χ0) is 22.5. The van der Waals surface area contributed by atoms with Crippen molar-refractivity contribution in [1.82, 2.24) is 15.2 Å². The molecule has 3 atom stereocenters. The third-order valence-corrected chi connectivity index (χ3v) is 6.41. The molecular formula is C26H28ClN3O2. The highest BCUT2D eigenvalue weighted by molar-refractivity contribution is 6.30. The Bertz CT molecular complexity index is 1040. The lowest BCUT2D eigenvalue weighted by molar-refractivity contribution is 0.0785. The van der Waals surface area contributed by atoms with E-state index in [1.807, 2.05) is 66.7 Å². The van der Waals surface area contributed by atoms with Crippen molar-refractivity contribution in [2.45, 2.75) is 44.0 Å². The normalized spacial score (nSPS) is 19.0. The van der Waals surface area contributed by atoms with E-state index in [9.17, 15) is 9.90 Å².